The molecule has 0 saturated carbocycles. The summed E-state index contributed by atoms with van der Waals surface area (Å²) in [6.07, 6.45) is 1.38. The number of benzene rings is 1. The van der Waals surface area contributed by atoms with Crippen molar-refractivity contribution in [3.63, 3.8) is 0 Å². The summed E-state index contributed by atoms with van der Waals surface area (Å²) in [4.78, 5) is 9.58. The zero-order valence-electron chi connectivity index (χ0n) is 11.1. The summed E-state index contributed by atoms with van der Waals surface area (Å²) in [7, 11) is 1.81. The summed E-state index contributed by atoms with van der Waals surface area (Å²) in [5.41, 5.74) is 8.07. The van der Waals surface area contributed by atoms with E-state index >= 15 is 0 Å². The van der Waals surface area contributed by atoms with Gasteiger partial charge in [-0.05, 0) is 18.1 Å². The first-order valence-electron chi connectivity index (χ1n) is 6.08. The minimum absolute atomic E-state index is 0.315. The number of aromatic nitrogens is 2. The second kappa shape index (κ2) is 5.75. The average Bonchev–Trinajstić information content (AvgIpc) is 2.42. The van der Waals surface area contributed by atoms with Gasteiger partial charge in [0.2, 0.25) is 0 Å². The molecule has 1 aromatic heterocycles. The minimum Gasteiger partial charge on any atom is -0.353 e. The summed E-state index contributed by atoms with van der Waals surface area (Å²) >= 11 is 0. The molecule has 0 saturated heterocycles. The van der Waals surface area contributed by atoms with E-state index in [1.54, 1.807) is 11.8 Å². The quantitative estimate of drug-likeness (QED) is 0.913. The maximum Gasteiger partial charge on any atom is 0.186 e. The summed E-state index contributed by atoms with van der Waals surface area (Å²) in [6, 6.07) is 7.94. The van der Waals surface area contributed by atoms with Crippen LogP contribution in [-0.4, -0.2) is 17.0 Å². The van der Waals surface area contributed by atoms with Gasteiger partial charge in [-0.15, -0.1) is 0 Å². The molecule has 0 aliphatic heterocycles. The molecule has 1 heterocycles. The normalized spacial score (nSPS) is 10.5. The van der Waals surface area contributed by atoms with Gasteiger partial charge in [-0.25, -0.2) is 14.4 Å². The highest BCUT2D eigenvalue weighted by atomic mass is 19.1. The molecule has 19 heavy (non-hydrogen) atoms. The molecule has 0 bridgehead atoms. The van der Waals surface area contributed by atoms with Crippen LogP contribution in [0.1, 0.15) is 16.8 Å². The van der Waals surface area contributed by atoms with Crippen molar-refractivity contribution >= 4 is 5.82 Å². The molecule has 0 aliphatic carbocycles. The van der Waals surface area contributed by atoms with Gasteiger partial charge in [0.05, 0.1) is 5.69 Å². The van der Waals surface area contributed by atoms with Gasteiger partial charge < -0.3 is 10.6 Å². The van der Waals surface area contributed by atoms with E-state index in [0.717, 1.165) is 11.1 Å². The van der Waals surface area contributed by atoms with E-state index in [-0.39, 0.29) is 5.82 Å². The Kier molecular flexibility index (Phi) is 4.06. The first-order chi connectivity index (χ1) is 9.11. The zero-order valence-corrected chi connectivity index (χ0v) is 11.1. The van der Waals surface area contributed by atoms with E-state index in [1.807, 2.05) is 31.3 Å². The Bertz CT molecular complexity index is 554. The third-order valence-electron chi connectivity index (χ3n) is 2.99. The van der Waals surface area contributed by atoms with Crippen molar-refractivity contribution in [1.29, 1.82) is 0 Å². The van der Waals surface area contributed by atoms with Gasteiger partial charge in [0.1, 0.15) is 6.33 Å². The lowest BCUT2D eigenvalue weighted by molar-refractivity contribution is 0.595. The summed E-state index contributed by atoms with van der Waals surface area (Å²) < 4.78 is 13.9. The molecule has 4 nitrogen and oxygen atoms in total. The molecule has 0 unspecified atom stereocenters. The van der Waals surface area contributed by atoms with Gasteiger partial charge >= 0.3 is 0 Å². The van der Waals surface area contributed by atoms with Crippen LogP contribution < -0.4 is 10.6 Å². The Labute approximate surface area is 112 Å². The molecule has 100 valence electrons. The van der Waals surface area contributed by atoms with Gasteiger partial charge in [0.15, 0.2) is 11.6 Å². The summed E-state index contributed by atoms with van der Waals surface area (Å²) in [6.45, 7) is 2.73. The Morgan fingerprint density at radius 1 is 1.16 bits per heavy atom. The average molecular weight is 260 g/mol. The van der Waals surface area contributed by atoms with E-state index in [9.17, 15) is 4.39 Å². The van der Waals surface area contributed by atoms with Crippen LogP contribution in [0.15, 0.2) is 30.6 Å². The molecule has 0 spiro atoms. The van der Waals surface area contributed by atoms with Crippen molar-refractivity contribution < 1.29 is 4.39 Å². The fourth-order valence-corrected chi connectivity index (χ4v) is 1.84. The smallest absolute Gasteiger partial charge is 0.186 e. The molecule has 2 rings (SSSR count). The van der Waals surface area contributed by atoms with Crippen LogP contribution in [0.3, 0.4) is 0 Å². The van der Waals surface area contributed by atoms with Gasteiger partial charge in [-0.1, -0.05) is 24.3 Å². The standard InChI is InChI=1S/C14H17FN4/c1-10-13(15)14(18-9-17-10)19(2)8-12-5-3-11(7-16)4-6-12/h3-6,9H,7-8,16H2,1-2H3. The van der Waals surface area contributed by atoms with Crippen LogP contribution in [0.25, 0.3) is 0 Å². The second-order valence-electron chi connectivity index (χ2n) is 4.47. The van der Waals surface area contributed by atoms with Gasteiger partial charge in [0, 0.05) is 20.1 Å². The summed E-state index contributed by atoms with van der Waals surface area (Å²) in [5.74, 6) is -0.0565. The molecule has 0 radical (unpaired) electrons. The Morgan fingerprint density at radius 3 is 2.42 bits per heavy atom. The molecule has 0 aliphatic rings. The lowest BCUT2D eigenvalue weighted by Gasteiger charge is -2.19. The molecule has 1 aromatic carbocycles. The predicted octanol–water partition coefficient (Wildman–Crippen LogP) is 2.02. The first kappa shape index (κ1) is 13.4. The SMILES string of the molecule is Cc1ncnc(N(C)Cc2ccc(CN)cc2)c1F. The number of nitrogens with zero attached hydrogens (tertiary/aromatic N) is 3. The molecule has 2 N–H and O–H groups in total. The van der Waals surface area contributed by atoms with E-state index in [2.05, 4.69) is 9.97 Å². The maximum absolute atomic E-state index is 13.9. The summed E-state index contributed by atoms with van der Waals surface area (Å²) in [5, 5.41) is 0. The van der Waals surface area contributed by atoms with Crippen molar-refractivity contribution in [3.8, 4) is 0 Å². The van der Waals surface area contributed by atoms with Crippen LogP contribution in [0.5, 0.6) is 0 Å². The Balaban J connectivity index is 2.15. The lowest BCUT2D eigenvalue weighted by Crippen LogP contribution is -2.20. The van der Waals surface area contributed by atoms with Crippen LogP contribution in [0, 0.1) is 12.7 Å². The Morgan fingerprint density at radius 2 is 1.79 bits per heavy atom. The van der Waals surface area contributed by atoms with E-state index in [4.69, 9.17) is 5.73 Å². The van der Waals surface area contributed by atoms with Crippen molar-refractivity contribution in [2.45, 2.75) is 20.0 Å². The minimum atomic E-state index is -0.372. The van der Waals surface area contributed by atoms with Crippen molar-refractivity contribution in [2.24, 2.45) is 5.73 Å². The highest BCUT2D eigenvalue weighted by molar-refractivity contribution is 5.41. The van der Waals surface area contributed by atoms with E-state index in [1.165, 1.54) is 6.33 Å². The third-order valence-corrected chi connectivity index (χ3v) is 2.99. The van der Waals surface area contributed by atoms with Crippen molar-refractivity contribution in [3.05, 3.63) is 53.2 Å². The topological polar surface area (TPSA) is 55.0 Å². The third kappa shape index (κ3) is 3.06. The number of halogens is 1. The largest absolute Gasteiger partial charge is 0.353 e. The maximum atomic E-state index is 13.9. The van der Waals surface area contributed by atoms with Gasteiger partial charge in [-0.2, -0.15) is 0 Å². The number of hydrogen-bond acceptors (Lipinski definition) is 4. The van der Waals surface area contributed by atoms with Gasteiger partial charge in [-0.3, -0.25) is 0 Å². The lowest BCUT2D eigenvalue weighted by atomic mass is 10.1. The fourth-order valence-electron chi connectivity index (χ4n) is 1.84. The molecular weight excluding hydrogens is 243 g/mol. The molecular formula is C14H17FN4. The Hall–Kier alpha value is -2.01. The zero-order chi connectivity index (χ0) is 13.8. The highest BCUT2D eigenvalue weighted by Crippen LogP contribution is 2.18. The monoisotopic (exact) mass is 260 g/mol. The van der Waals surface area contributed by atoms with Crippen LogP contribution in [-0.2, 0) is 13.1 Å². The van der Waals surface area contributed by atoms with E-state index in [0.29, 0.717) is 24.6 Å². The molecule has 0 fully saturated rings. The van der Waals surface area contributed by atoms with Crippen molar-refractivity contribution in [1.82, 2.24) is 9.97 Å². The van der Waals surface area contributed by atoms with E-state index < -0.39 is 0 Å². The fraction of sp³-hybridized carbons (Fsp3) is 0.286. The van der Waals surface area contributed by atoms with Crippen LogP contribution in [0.2, 0.25) is 0 Å². The molecule has 0 amide bonds. The second-order valence-corrected chi connectivity index (χ2v) is 4.47. The molecule has 0 atom stereocenters. The number of anilines is 1. The van der Waals surface area contributed by atoms with Gasteiger partial charge in [0.25, 0.3) is 0 Å². The number of hydrogen-bond donors (Lipinski definition) is 1. The number of nitrogens with two attached hydrogens (primary N) is 1. The predicted molar refractivity (Wildman–Crippen MR) is 73.2 cm³/mol. The number of aryl methyl sites for hydroxylation is 1. The van der Waals surface area contributed by atoms with Crippen LogP contribution >= 0.6 is 0 Å². The van der Waals surface area contributed by atoms with Crippen molar-refractivity contribution in [2.75, 3.05) is 11.9 Å². The number of rotatable bonds is 4. The van der Waals surface area contributed by atoms with Crippen LogP contribution in [0.4, 0.5) is 10.2 Å². The molecule has 2 aromatic rings. The molecule has 5 heteroatoms. The first-order valence-corrected chi connectivity index (χ1v) is 6.08. The highest BCUT2D eigenvalue weighted by Gasteiger charge is 2.12.